The summed E-state index contributed by atoms with van der Waals surface area (Å²) in [6.45, 7) is 0.237. The van der Waals surface area contributed by atoms with Gasteiger partial charge in [-0.25, -0.2) is 9.18 Å². The number of benzene rings is 1. The van der Waals surface area contributed by atoms with Crippen LogP contribution in [0, 0.1) is 5.82 Å². The second kappa shape index (κ2) is 3.57. The fourth-order valence-electron chi connectivity index (χ4n) is 1.33. The van der Waals surface area contributed by atoms with E-state index in [1.165, 1.54) is 12.1 Å². The van der Waals surface area contributed by atoms with Gasteiger partial charge in [-0.15, -0.1) is 0 Å². The Labute approximate surface area is 88.4 Å². The molecule has 0 radical (unpaired) electrons. The Kier molecular flexibility index (Phi) is 2.41. The number of ether oxygens (including phenoxy) is 1. The van der Waals surface area contributed by atoms with Crippen molar-refractivity contribution in [2.75, 3.05) is 6.61 Å². The van der Waals surface area contributed by atoms with Gasteiger partial charge in [0.15, 0.2) is 0 Å². The van der Waals surface area contributed by atoms with Gasteiger partial charge in [-0.05, 0) is 23.8 Å². The van der Waals surface area contributed by atoms with Crippen LogP contribution in [0.15, 0.2) is 22.7 Å². The van der Waals surface area contributed by atoms with Crippen LogP contribution >= 0.6 is 15.9 Å². The third-order valence-electron chi connectivity index (χ3n) is 2.01. The molecule has 1 fully saturated rings. The Balaban J connectivity index is 2.31. The third-order valence-corrected chi connectivity index (χ3v) is 2.73. The number of halogens is 2. The van der Waals surface area contributed by atoms with Gasteiger partial charge >= 0.3 is 6.09 Å². The lowest BCUT2D eigenvalue weighted by Gasteiger charge is -2.09. The minimum Gasteiger partial charge on any atom is -0.447 e. The number of nitrogens with one attached hydrogen (secondary N) is 1. The predicted octanol–water partition coefficient (Wildman–Crippen LogP) is 2.37. The fourth-order valence-corrected chi connectivity index (χ4v) is 1.86. The molecule has 5 heteroatoms. The second-order valence-electron chi connectivity index (χ2n) is 2.96. The van der Waals surface area contributed by atoms with Gasteiger partial charge in [-0.1, -0.05) is 15.9 Å². The molecule has 2 rings (SSSR count). The van der Waals surface area contributed by atoms with E-state index in [4.69, 9.17) is 4.74 Å². The molecule has 1 amide bonds. The molecule has 74 valence electrons. The van der Waals surface area contributed by atoms with Gasteiger partial charge in [0.25, 0.3) is 0 Å². The van der Waals surface area contributed by atoms with Gasteiger partial charge in [-0.2, -0.15) is 0 Å². The molecular formula is C9H7BrFNO2. The highest BCUT2D eigenvalue weighted by atomic mass is 79.9. The van der Waals surface area contributed by atoms with Crippen LogP contribution in [0.25, 0.3) is 0 Å². The summed E-state index contributed by atoms with van der Waals surface area (Å²) in [6, 6.07) is 4.07. The number of hydrogen-bond donors (Lipinski definition) is 1. The summed E-state index contributed by atoms with van der Waals surface area (Å²) in [5.41, 5.74) is 0.691. The van der Waals surface area contributed by atoms with Crippen molar-refractivity contribution in [2.24, 2.45) is 0 Å². The largest absolute Gasteiger partial charge is 0.447 e. The van der Waals surface area contributed by atoms with Crippen LogP contribution in [0.1, 0.15) is 11.6 Å². The van der Waals surface area contributed by atoms with Gasteiger partial charge in [0.1, 0.15) is 12.4 Å². The molecule has 0 bridgehead atoms. The average Bonchev–Trinajstić information content (AvgIpc) is 2.56. The van der Waals surface area contributed by atoms with Crippen molar-refractivity contribution < 1.29 is 13.9 Å². The maximum Gasteiger partial charge on any atom is 0.407 e. The Morgan fingerprint density at radius 2 is 2.36 bits per heavy atom. The second-order valence-corrected chi connectivity index (χ2v) is 3.82. The summed E-state index contributed by atoms with van der Waals surface area (Å²) in [5.74, 6) is -0.329. The molecule has 1 aliphatic rings. The van der Waals surface area contributed by atoms with E-state index >= 15 is 0 Å². The van der Waals surface area contributed by atoms with Crippen LogP contribution in [-0.4, -0.2) is 12.7 Å². The van der Waals surface area contributed by atoms with Crippen molar-refractivity contribution >= 4 is 22.0 Å². The summed E-state index contributed by atoms with van der Waals surface area (Å²) in [7, 11) is 0. The minimum absolute atomic E-state index is 0.237. The molecule has 1 aliphatic heterocycles. The predicted molar refractivity (Wildman–Crippen MR) is 51.3 cm³/mol. The Morgan fingerprint density at radius 3 is 3.00 bits per heavy atom. The molecular weight excluding hydrogens is 253 g/mol. The van der Waals surface area contributed by atoms with Crippen LogP contribution in [0.5, 0.6) is 0 Å². The maximum absolute atomic E-state index is 12.9. The highest BCUT2D eigenvalue weighted by Gasteiger charge is 2.25. The van der Waals surface area contributed by atoms with Gasteiger partial charge in [0.05, 0.1) is 6.04 Å². The average molecular weight is 260 g/mol. The summed E-state index contributed by atoms with van der Waals surface area (Å²) in [5, 5.41) is 2.58. The molecule has 0 aliphatic carbocycles. The normalized spacial score (nSPS) is 20.4. The highest BCUT2D eigenvalue weighted by Crippen LogP contribution is 2.26. The van der Waals surface area contributed by atoms with E-state index in [1.54, 1.807) is 6.07 Å². The van der Waals surface area contributed by atoms with E-state index in [2.05, 4.69) is 21.2 Å². The van der Waals surface area contributed by atoms with Crippen molar-refractivity contribution in [3.8, 4) is 0 Å². The molecule has 1 N–H and O–H groups in total. The van der Waals surface area contributed by atoms with Crippen LogP contribution in [0.3, 0.4) is 0 Å². The Bertz CT molecular complexity index is 383. The molecule has 1 aromatic carbocycles. The SMILES string of the molecule is O=C1N[C@@H](c2cc(F)ccc2Br)CO1. The molecule has 0 spiro atoms. The van der Waals surface area contributed by atoms with Crippen molar-refractivity contribution in [1.82, 2.24) is 5.32 Å². The van der Waals surface area contributed by atoms with Gasteiger partial charge in [0, 0.05) is 4.47 Å². The molecule has 1 heterocycles. The Hall–Kier alpha value is -1.10. The molecule has 1 atom stereocenters. The molecule has 1 saturated heterocycles. The van der Waals surface area contributed by atoms with Crippen molar-refractivity contribution in [3.05, 3.63) is 34.1 Å². The first-order chi connectivity index (χ1) is 6.66. The van der Waals surface area contributed by atoms with E-state index in [-0.39, 0.29) is 18.5 Å². The summed E-state index contributed by atoms with van der Waals surface area (Å²) < 4.78 is 18.4. The van der Waals surface area contributed by atoms with Crippen molar-refractivity contribution in [3.63, 3.8) is 0 Å². The molecule has 1 aromatic rings. The molecule has 0 aromatic heterocycles. The molecule has 0 saturated carbocycles. The summed E-state index contributed by atoms with van der Waals surface area (Å²) >= 11 is 3.29. The standard InChI is InChI=1S/C9H7BrFNO2/c10-7-2-1-5(11)3-6(7)8-4-14-9(13)12-8/h1-3,8H,4H2,(H,12,13)/t8-/m1/s1. The lowest BCUT2D eigenvalue weighted by molar-refractivity contribution is 0.177. The van der Waals surface area contributed by atoms with E-state index in [9.17, 15) is 9.18 Å². The smallest absolute Gasteiger partial charge is 0.407 e. The summed E-state index contributed by atoms with van der Waals surface area (Å²) in [4.78, 5) is 10.8. The lowest BCUT2D eigenvalue weighted by atomic mass is 10.1. The monoisotopic (exact) mass is 259 g/mol. The number of amides is 1. The van der Waals surface area contributed by atoms with E-state index in [0.717, 1.165) is 4.47 Å². The third kappa shape index (κ3) is 1.72. The number of rotatable bonds is 1. The van der Waals surface area contributed by atoms with Crippen molar-refractivity contribution in [2.45, 2.75) is 6.04 Å². The van der Waals surface area contributed by atoms with Crippen LogP contribution in [0.4, 0.5) is 9.18 Å². The first kappa shape index (κ1) is 9.45. The maximum atomic E-state index is 12.9. The lowest BCUT2D eigenvalue weighted by Crippen LogP contribution is -2.18. The van der Waals surface area contributed by atoms with E-state index < -0.39 is 6.09 Å². The van der Waals surface area contributed by atoms with Gasteiger partial charge in [0.2, 0.25) is 0 Å². The zero-order valence-electron chi connectivity index (χ0n) is 7.09. The molecule has 3 nitrogen and oxygen atoms in total. The minimum atomic E-state index is -0.467. The summed E-state index contributed by atoms with van der Waals surface area (Å²) in [6.07, 6.45) is -0.467. The number of carbonyl (C=O) groups is 1. The first-order valence-corrected chi connectivity index (χ1v) is 4.84. The van der Waals surface area contributed by atoms with Crippen LogP contribution in [0.2, 0.25) is 0 Å². The van der Waals surface area contributed by atoms with Crippen molar-refractivity contribution in [1.29, 1.82) is 0 Å². The van der Waals surface area contributed by atoms with Crippen LogP contribution in [-0.2, 0) is 4.74 Å². The molecule has 14 heavy (non-hydrogen) atoms. The molecule has 0 unspecified atom stereocenters. The van der Waals surface area contributed by atoms with Gasteiger partial charge < -0.3 is 10.1 Å². The number of cyclic esters (lactones) is 1. The number of carbonyl (C=O) groups excluding carboxylic acids is 1. The first-order valence-electron chi connectivity index (χ1n) is 4.05. The van der Waals surface area contributed by atoms with Crippen LogP contribution < -0.4 is 5.32 Å². The fraction of sp³-hybridized carbons (Fsp3) is 0.222. The van der Waals surface area contributed by atoms with E-state index in [1.807, 2.05) is 0 Å². The Morgan fingerprint density at radius 1 is 1.57 bits per heavy atom. The highest BCUT2D eigenvalue weighted by molar-refractivity contribution is 9.10. The number of hydrogen-bond acceptors (Lipinski definition) is 2. The topological polar surface area (TPSA) is 38.3 Å². The zero-order chi connectivity index (χ0) is 10.1. The van der Waals surface area contributed by atoms with Gasteiger partial charge in [-0.3, -0.25) is 0 Å². The number of alkyl carbamates (subject to hydrolysis) is 1. The van der Waals surface area contributed by atoms with E-state index in [0.29, 0.717) is 5.56 Å². The quantitative estimate of drug-likeness (QED) is 0.841. The zero-order valence-corrected chi connectivity index (χ0v) is 8.67.